The Morgan fingerprint density at radius 3 is 2.21 bits per heavy atom. The van der Waals surface area contributed by atoms with E-state index in [4.69, 9.17) is 0 Å². The summed E-state index contributed by atoms with van der Waals surface area (Å²) < 4.78 is 0. The lowest BCUT2D eigenvalue weighted by Crippen LogP contribution is -2.42. The van der Waals surface area contributed by atoms with E-state index in [1.807, 2.05) is 96.8 Å². The zero-order valence-corrected chi connectivity index (χ0v) is 18.6. The summed E-state index contributed by atoms with van der Waals surface area (Å²) in [5.74, 6) is -0.145. The number of ketones is 1. The van der Waals surface area contributed by atoms with Gasteiger partial charge in [-0.25, -0.2) is 0 Å². The molecule has 0 saturated carbocycles. The molecule has 4 nitrogen and oxygen atoms in total. The van der Waals surface area contributed by atoms with Gasteiger partial charge in [0.05, 0.1) is 0 Å². The van der Waals surface area contributed by atoms with E-state index in [1.165, 1.54) is 0 Å². The number of aryl methyl sites for hydroxylation is 1. The van der Waals surface area contributed by atoms with Gasteiger partial charge in [0.25, 0.3) is 0 Å². The predicted molar refractivity (Wildman–Crippen MR) is 132 cm³/mol. The molecule has 0 spiro atoms. The number of nitrogens with one attached hydrogen (secondary N) is 1. The Kier molecular flexibility index (Phi) is 5.43. The number of hydrogen-bond donors (Lipinski definition) is 2. The van der Waals surface area contributed by atoms with Crippen LogP contribution in [0.1, 0.15) is 41.9 Å². The fraction of sp³-hybridized carbons (Fsp3) is 0.172. The third-order valence-corrected chi connectivity index (χ3v) is 6.48. The largest absolute Gasteiger partial charge is 0.507 e. The second-order valence-electron chi connectivity index (χ2n) is 8.63. The van der Waals surface area contributed by atoms with Gasteiger partial charge in [0.2, 0.25) is 0 Å². The summed E-state index contributed by atoms with van der Waals surface area (Å²) in [4.78, 5) is 15.3. The first-order valence-electron chi connectivity index (χ1n) is 11.3. The highest BCUT2D eigenvalue weighted by Gasteiger charge is 2.43. The Balaban J connectivity index is 1.83. The lowest BCUT2D eigenvalue weighted by molar-refractivity contribution is -0.116. The van der Waals surface area contributed by atoms with Crippen LogP contribution in [-0.2, 0) is 4.79 Å². The normalized spacial score (nSPS) is 20.0. The van der Waals surface area contributed by atoms with Crippen LogP contribution in [0.25, 0.3) is 5.76 Å². The van der Waals surface area contributed by atoms with Crippen molar-refractivity contribution < 1.29 is 9.90 Å². The molecule has 0 aromatic heterocycles. The Morgan fingerprint density at radius 1 is 0.909 bits per heavy atom. The highest BCUT2D eigenvalue weighted by molar-refractivity contribution is 6.19. The molecule has 2 aliphatic rings. The van der Waals surface area contributed by atoms with Crippen LogP contribution < -0.4 is 4.90 Å². The molecule has 1 aliphatic heterocycles. The van der Waals surface area contributed by atoms with Gasteiger partial charge >= 0.3 is 0 Å². The number of Topliss-reactive ketones (excluding diaryl/α,β-unsaturated/α-hetero) is 1. The molecule has 1 aliphatic carbocycles. The number of anilines is 1. The van der Waals surface area contributed by atoms with Gasteiger partial charge < -0.3 is 5.11 Å². The van der Waals surface area contributed by atoms with Gasteiger partial charge in [-0.2, -0.15) is 0 Å². The molecule has 1 heterocycles. The van der Waals surface area contributed by atoms with Gasteiger partial charge in [0, 0.05) is 40.4 Å². The summed E-state index contributed by atoms with van der Waals surface area (Å²) >= 11 is 0. The van der Waals surface area contributed by atoms with Crippen molar-refractivity contribution in [2.24, 2.45) is 0 Å². The number of rotatable bonds is 3. The summed E-state index contributed by atoms with van der Waals surface area (Å²) in [6.45, 7) is 2.03. The molecule has 33 heavy (non-hydrogen) atoms. The highest BCUT2D eigenvalue weighted by atomic mass is 16.3. The fourth-order valence-corrected chi connectivity index (χ4v) is 4.90. The van der Waals surface area contributed by atoms with Crippen molar-refractivity contribution in [3.63, 3.8) is 0 Å². The number of aliphatic hydroxyl groups is 1. The number of carbonyl (C=O) groups excluding carboxylic acids is 1. The van der Waals surface area contributed by atoms with Crippen LogP contribution in [0.4, 0.5) is 5.69 Å². The minimum absolute atomic E-state index is 0.0389. The number of allylic oxidation sites excluding steroid dienone is 2. The standard InChI is InChI=1S/C29H26N2O2/c1-19-15-17-20(18-16-19)25-26-23(13-8-14-24(26)32)31(22-11-6-3-7-12-22)29(30)27(25)28(33)21-9-4-2-5-10-21/h2-7,9-12,15-18,25,30,33H,8,13-14H2,1H3. The molecule has 0 radical (unpaired) electrons. The number of amidine groups is 1. The summed E-state index contributed by atoms with van der Waals surface area (Å²) in [6.07, 6.45) is 1.97. The molecule has 0 fully saturated rings. The van der Waals surface area contributed by atoms with Crippen molar-refractivity contribution in [1.29, 1.82) is 5.41 Å². The van der Waals surface area contributed by atoms with Crippen molar-refractivity contribution in [2.75, 3.05) is 4.90 Å². The van der Waals surface area contributed by atoms with Crippen molar-refractivity contribution >= 4 is 23.1 Å². The van der Waals surface area contributed by atoms with Gasteiger partial charge in [-0.1, -0.05) is 78.4 Å². The molecule has 2 N–H and O–H groups in total. The molecular weight excluding hydrogens is 408 g/mol. The Hall–Kier alpha value is -3.92. The van der Waals surface area contributed by atoms with E-state index in [1.54, 1.807) is 0 Å². The Morgan fingerprint density at radius 2 is 1.55 bits per heavy atom. The van der Waals surface area contributed by atoms with Gasteiger partial charge in [0.15, 0.2) is 5.78 Å². The summed E-state index contributed by atoms with van der Waals surface area (Å²) in [5, 5.41) is 20.8. The summed E-state index contributed by atoms with van der Waals surface area (Å²) in [7, 11) is 0. The zero-order valence-electron chi connectivity index (χ0n) is 18.6. The maximum absolute atomic E-state index is 13.4. The maximum atomic E-state index is 13.4. The molecule has 0 saturated heterocycles. The van der Waals surface area contributed by atoms with Crippen LogP contribution in [0.5, 0.6) is 0 Å². The molecule has 1 atom stereocenters. The van der Waals surface area contributed by atoms with E-state index in [0.717, 1.165) is 35.4 Å². The van der Waals surface area contributed by atoms with E-state index in [9.17, 15) is 15.3 Å². The quantitative estimate of drug-likeness (QED) is 0.459. The van der Waals surface area contributed by atoms with Crippen LogP contribution in [0.15, 0.2) is 102 Å². The molecule has 0 amide bonds. The molecule has 4 heteroatoms. The zero-order chi connectivity index (χ0) is 22.9. The number of nitrogens with zero attached hydrogens (tertiary/aromatic N) is 1. The topological polar surface area (TPSA) is 64.4 Å². The van der Waals surface area contributed by atoms with Crippen LogP contribution in [0.3, 0.4) is 0 Å². The summed E-state index contributed by atoms with van der Waals surface area (Å²) in [6, 6.07) is 27.0. The van der Waals surface area contributed by atoms with Crippen molar-refractivity contribution in [3.05, 3.63) is 118 Å². The smallest absolute Gasteiger partial charge is 0.161 e. The minimum Gasteiger partial charge on any atom is -0.507 e. The van der Waals surface area contributed by atoms with Crippen molar-refractivity contribution in [2.45, 2.75) is 32.1 Å². The van der Waals surface area contributed by atoms with Gasteiger partial charge in [-0.15, -0.1) is 0 Å². The van der Waals surface area contributed by atoms with E-state index >= 15 is 0 Å². The van der Waals surface area contributed by atoms with Gasteiger partial charge in [0.1, 0.15) is 11.6 Å². The molecule has 3 aromatic carbocycles. The fourth-order valence-electron chi connectivity index (χ4n) is 4.90. The first kappa shape index (κ1) is 21.0. The molecule has 164 valence electrons. The molecule has 1 unspecified atom stereocenters. The Bertz CT molecular complexity index is 1270. The second-order valence-corrected chi connectivity index (χ2v) is 8.63. The third kappa shape index (κ3) is 3.68. The number of para-hydroxylation sites is 1. The lowest BCUT2D eigenvalue weighted by Gasteiger charge is -2.41. The van der Waals surface area contributed by atoms with Gasteiger partial charge in [-0.3, -0.25) is 15.1 Å². The predicted octanol–water partition coefficient (Wildman–Crippen LogP) is 6.55. The van der Waals surface area contributed by atoms with Crippen molar-refractivity contribution in [1.82, 2.24) is 0 Å². The van der Waals surface area contributed by atoms with Crippen LogP contribution in [0, 0.1) is 12.3 Å². The van der Waals surface area contributed by atoms with Crippen LogP contribution in [0.2, 0.25) is 0 Å². The van der Waals surface area contributed by atoms with Crippen LogP contribution >= 0.6 is 0 Å². The molecular formula is C29H26N2O2. The highest BCUT2D eigenvalue weighted by Crippen LogP contribution is 2.47. The van der Waals surface area contributed by atoms with Crippen LogP contribution in [-0.4, -0.2) is 16.7 Å². The number of hydrogen-bond acceptors (Lipinski definition) is 3. The van der Waals surface area contributed by atoms with Crippen molar-refractivity contribution in [3.8, 4) is 0 Å². The van der Waals surface area contributed by atoms with E-state index < -0.39 is 5.92 Å². The molecule has 5 rings (SSSR count). The monoisotopic (exact) mass is 434 g/mol. The molecule has 3 aromatic rings. The lowest BCUT2D eigenvalue weighted by atomic mass is 9.73. The first-order valence-corrected chi connectivity index (χ1v) is 11.3. The average Bonchev–Trinajstić information content (AvgIpc) is 2.85. The first-order chi connectivity index (χ1) is 16.1. The SMILES string of the molecule is Cc1ccc(C2C(=C(O)c3ccccc3)C(=N)N(c3ccccc3)C3=C2C(=O)CCC3)cc1. The second kappa shape index (κ2) is 8.55. The molecule has 0 bridgehead atoms. The maximum Gasteiger partial charge on any atom is 0.161 e. The van der Waals surface area contributed by atoms with E-state index in [-0.39, 0.29) is 17.4 Å². The number of benzene rings is 3. The van der Waals surface area contributed by atoms with E-state index in [2.05, 4.69) is 0 Å². The number of carbonyl (C=O) groups is 1. The van der Waals surface area contributed by atoms with E-state index in [0.29, 0.717) is 23.1 Å². The number of aliphatic hydroxyl groups excluding tert-OH is 1. The average molecular weight is 435 g/mol. The third-order valence-electron chi connectivity index (χ3n) is 6.48. The Labute approximate surface area is 194 Å². The summed E-state index contributed by atoms with van der Waals surface area (Å²) in [5.41, 5.74) is 5.53. The van der Waals surface area contributed by atoms with Gasteiger partial charge in [-0.05, 0) is 37.5 Å². The minimum atomic E-state index is -0.485.